The van der Waals surface area contributed by atoms with Crippen LogP contribution in [0.3, 0.4) is 0 Å². The first-order chi connectivity index (χ1) is 10.4. The van der Waals surface area contributed by atoms with Crippen molar-refractivity contribution in [2.24, 2.45) is 0 Å². The number of amides is 1. The summed E-state index contributed by atoms with van der Waals surface area (Å²) >= 11 is 10.4. The van der Waals surface area contributed by atoms with Gasteiger partial charge in [-0.25, -0.2) is 0 Å². The predicted molar refractivity (Wildman–Crippen MR) is 102 cm³/mol. The van der Waals surface area contributed by atoms with Crippen molar-refractivity contribution in [1.29, 1.82) is 0 Å². The third kappa shape index (κ3) is 5.11. The summed E-state index contributed by atoms with van der Waals surface area (Å²) in [6, 6.07) is 17.1. The molecule has 116 valence electrons. The largest absolute Gasteiger partial charge is 0.363 e. The van der Waals surface area contributed by atoms with E-state index >= 15 is 0 Å². The van der Waals surface area contributed by atoms with E-state index in [0.717, 1.165) is 5.69 Å². The molecule has 0 aliphatic rings. The molecule has 1 amide bonds. The average molecular weight is 491 g/mol. The highest BCUT2D eigenvalue weighted by Gasteiger charge is 2.32. The van der Waals surface area contributed by atoms with Crippen LogP contribution in [0.25, 0.3) is 0 Å². The summed E-state index contributed by atoms with van der Waals surface area (Å²) in [5.41, 5.74) is 2.69. The van der Waals surface area contributed by atoms with Crippen LogP contribution in [0.2, 0.25) is 0 Å². The van der Waals surface area contributed by atoms with Gasteiger partial charge in [0.2, 0.25) is 0 Å². The van der Waals surface area contributed by atoms with Crippen molar-refractivity contribution in [3.8, 4) is 0 Å². The Bertz CT molecular complexity index is 624. The Kier molecular flexibility index (Phi) is 6.06. The van der Waals surface area contributed by atoms with Crippen molar-refractivity contribution in [1.82, 2.24) is 5.32 Å². The standard InChI is InChI=1S/C16H15Br3N2O/c1-11-7-9-13(10-8-11)20-15(16(17,18)19)21-14(22)12-5-3-2-4-6-12/h2-10,15,20H,1H3,(H,21,22)/t15-/m1/s1. The fourth-order valence-corrected chi connectivity index (χ4v) is 2.51. The van der Waals surface area contributed by atoms with E-state index in [-0.39, 0.29) is 5.91 Å². The summed E-state index contributed by atoms with van der Waals surface area (Å²) in [7, 11) is 0. The fraction of sp³-hybridized carbons (Fsp3) is 0.188. The van der Waals surface area contributed by atoms with E-state index in [1.165, 1.54) is 5.56 Å². The van der Waals surface area contributed by atoms with E-state index in [0.29, 0.717) is 5.56 Å². The number of anilines is 1. The topological polar surface area (TPSA) is 41.1 Å². The van der Waals surface area contributed by atoms with Gasteiger partial charge in [0.1, 0.15) is 6.17 Å². The van der Waals surface area contributed by atoms with Crippen molar-refractivity contribution in [2.75, 3.05) is 5.32 Å². The Labute approximate surface area is 155 Å². The van der Waals surface area contributed by atoms with E-state index in [4.69, 9.17) is 0 Å². The molecule has 0 aromatic heterocycles. The third-order valence-corrected chi connectivity index (χ3v) is 4.37. The minimum Gasteiger partial charge on any atom is -0.363 e. The van der Waals surface area contributed by atoms with Crippen LogP contribution >= 0.6 is 47.8 Å². The number of alkyl halides is 3. The van der Waals surface area contributed by atoms with Gasteiger partial charge in [0.25, 0.3) is 5.91 Å². The number of hydrogen-bond acceptors (Lipinski definition) is 2. The molecule has 2 aromatic rings. The van der Waals surface area contributed by atoms with Crippen LogP contribution in [0.15, 0.2) is 54.6 Å². The highest BCUT2D eigenvalue weighted by Crippen LogP contribution is 2.37. The molecule has 0 aliphatic heterocycles. The van der Waals surface area contributed by atoms with Crippen molar-refractivity contribution >= 4 is 59.4 Å². The fourth-order valence-electron chi connectivity index (χ4n) is 1.82. The molecule has 0 radical (unpaired) electrons. The second-order valence-corrected chi connectivity index (χ2v) is 11.8. The molecule has 0 unspecified atom stereocenters. The average Bonchev–Trinajstić information content (AvgIpc) is 2.48. The maximum atomic E-state index is 12.3. The molecule has 3 nitrogen and oxygen atoms in total. The zero-order valence-corrected chi connectivity index (χ0v) is 16.6. The molecule has 0 aliphatic carbocycles. The molecular weight excluding hydrogens is 476 g/mol. The minimum absolute atomic E-state index is 0.159. The van der Waals surface area contributed by atoms with Gasteiger partial charge in [-0.2, -0.15) is 0 Å². The molecule has 0 spiro atoms. The molecule has 2 aromatic carbocycles. The van der Waals surface area contributed by atoms with E-state index in [2.05, 4.69) is 58.4 Å². The number of rotatable bonds is 4. The molecule has 0 saturated carbocycles. The Balaban J connectivity index is 2.13. The molecule has 2 N–H and O–H groups in total. The van der Waals surface area contributed by atoms with Crippen LogP contribution in [0.1, 0.15) is 15.9 Å². The highest BCUT2D eigenvalue weighted by molar-refractivity contribution is 9.39. The van der Waals surface area contributed by atoms with Crippen molar-refractivity contribution < 1.29 is 4.79 Å². The zero-order chi connectivity index (χ0) is 16.2. The van der Waals surface area contributed by atoms with E-state index in [9.17, 15) is 4.79 Å². The van der Waals surface area contributed by atoms with Gasteiger partial charge in [0.15, 0.2) is 2.14 Å². The molecule has 0 heterocycles. The molecular formula is C16H15Br3N2O. The van der Waals surface area contributed by atoms with Gasteiger partial charge in [-0.15, -0.1) is 0 Å². The first kappa shape index (κ1) is 17.5. The van der Waals surface area contributed by atoms with Gasteiger partial charge < -0.3 is 10.6 Å². The quantitative estimate of drug-likeness (QED) is 0.467. The van der Waals surface area contributed by atoms with E-state index < -0.39 is 8.31 Å². The van der Waals surface area contributed by atoms with Crippen LogP contribution in [0, 0.1) is 6.92 Å². The predicted octanol–water partition coefficient (Wildman–Crippen LogP) is 5.00. The third-order valence-electron chi connectivity index (χ3n) is 3.00. The molecule has 0 bridgehead atoms. The first-order valence-electron chi connectivity index (χ1n) is 6.62. The summed E-state index contributed by atoms with van der Waals surface area (Å²) in [6.07, 6.45) is -0.414. The Morgan fingerprint density at radius 1 is 1.00 bits per heavy atom. The number of halogens is 3. The van der Waals surface area contributed by atoms with Crippen LogP contribution in [0.4, 0.5) is 5.69 Å². The van der Waals surface area contributed by atoms with Gasteiger partial charge in [0.05, 0.1) is 0 Å². The van der Waals surface area contributed by atoms with Gasteiger partial charge in [-0.3, -0.25) is 4.79 Å². The van der Waals surface area contributed by atoms with Crippen molar-refractivity contribution in [3.63, 3.8) is 0 Å². The summed E-state index contributed by atoms with van der Waals surface area (Å²) in [6.45, 7) is 2.03. The van der Waals surface area contributed by atoms with Crippen LogP contribution in [-0.2, 0) is 0 Å². The lowest BCUT2D eigenvalue weighted by Crippen LogP contribution is -2.48. The van der Waals surface area contributed by atoms with Crippen molar-refractivity contribution in [3.05, 3.63) is 65.7 Å². The number of nitrogens with one attached hydrogen (secondary N) is 2. The Morgan fingerprint density at radius 3 is 2.14 bits per heavy atom. The van der Waals surface area contributed by atoms with Gasteiger partial charge >= 0.3 is 0 Å². The van der Waals surface area contributed by atoms with Crippen LogP contribution in [0.5, 0.6) is 0 Å². The van der Waals surface area contributed by atoms with E-state index in [1.54, 1.807) is 12.1 Å². The number of carbonyl (C=O) groups excluding carboxylic acids is 1. The summed E-state index contributed by atoms with van der Waals surface area (Å²) in [5, 5.41) is 6.22. The van der Waals surface area contributed by atoms with Crippen LogP contribution in [-0.4, -0.2) is 14.2 Å². The van der Waals surface area contributed by atoms with Gasteiger partial charge in [-0.1, -0.05) is 83.7 Å². The lowest BCUT2D eigenvalue weighted by molar-refractivity contribution is 0.0943. The number of benzene rings is 2. The molecule has 2 rings (SSSR count). The van der Waals surface area contributed by atoms with Gasteiger partial charge in [-0.05, 0) is 31.2 Å². The Hall–Kier alpha value is -0.850. The summed E-state index contributed by atoms with van der Waals surface area (Å²) in [4.78, 5) is 12.3. The smallest absolute Gasteiger partial charge is 0.252 e. The minimum atomic E-state index is -0.678. The molecule has 0 fully saturated rings. The Morgan fingerprint density at radius 2 is 1.59 bits per heavy atom. The molecule has 6 heteroatoms. The maximum Gasteiger partial charge on any atom is 0.252 e. The molecule has 0 saturated heterocycles. The highest BCUT2D eigenvalue weighted by atomic mass is 80.0. The lowest BCUT2D eigenvalue weighted by Gasteiger charge is -2.28. The lowest BCUT2D eigenvalue weighted by atomic mass is 10.2. The maximum absolute atomic E-state index is 12.3. The molecule has 22 heavy (non-hydrogen) atoms. The first-order valence-corrected chi connectivity index (χ1v) is 9.00. The summed E-state index contributed by atoms with van der Waals surface area (Å²) < 4.78 is -0.678. The van der Waals surface area contributed by atoms with Crippen LogP contribution < -0.4 is 10.6 Å². The van der Waals surface area contributed by atoms with Gasteiger partial charge in [0, 0.05) is 11.3 Å². The number of aryl methyl sites for hydroxylation is 1. The van der Waals surface area contributed by atoms with E-state index in [1.807, 2.05) is 49.4 Å². The number of hydrogen-bond donors (Lipinski definition) is 2. The molecule has 1 atom stereocenters. The normalized spacial score (nSPS) is 12.5. The van der Waals surface area contributed by atoms with Crippen molar-refractivity contribution in [2.45, 2.75) is 15.2 Å². The SMILES string of the molecule is Cc1ccc(N[C@H](NC(=O)c2ccccc2)C(Br)(Br)Br)cc1. The monoisotopic (exact) mass is 488 g/mol. The number of carbonyl (C=O) groups is 1. The summed E-state index contributed by atoms with van der Waals surface area (Å²) in [5.74, 6) is -0.159. The second-order valence-electron chi connectivity index (χ2n) is 4.82. The zero-order valence-electron chi connectivity index (χ0n) is 11.8. The second kappa shape index (κ2) is 7.62.